The molecule has 2 fully saturated rings. The molecule has 0 radical (unpaired) electrons. The molecule has 0 aromatic heterocycles. The first kappa shape index (κ1) is 16.3. The molecule has 0 spiro atoms. The van der Waals surface area contributed by atoms with Crippen LogP contribution in [0, 0.1) is 11.3 Å². The molecule has 2 heteroatoms. The van der Waals surface area contributed by atoms with Crippen molar-refractivity contribution in [2.24, 2.45) is 11.3 Å². The van der Waals surface area contributed by atoms with E-state index in [0.29, 0.717) is 5.41 Å². The van der Waals surface area contributed by atoms with Crippen LogP contribution in [0.15, 0.2) is 0 Å². The van der Waals surface area contributed by atoms with Crippen molar-refractivity contribution >= 4 is 0 Å². The van der Waals surface area contributed by atoms with Crippen LogP contribution in [0.4, 0.5) is 0 Å². The molecule has 2 aliphatic rings. The van der Waals surface area contributed by atoms with Crippen LogP contribution >= 0.6 is 0 Å². The fraction of sp³-hybridized carbons (Fsp3) is 1.00. The van der Waals surface area contributed by atoms with Crippen LogP contribution in [0.1, 0.15) is 72.1 Å². The molecule has 1 heterocycles. The van der Waals surface area contributed by atoms with Gasteiger partial charge < -0.3 is 10.2 Å². The molecule has 1 saturated heterocycles. The van der Waals surface area contributed by atoms with Crippen molar-refractivity contribution in [1.29, 1.82) is 0 Å². The fourth-order valence-electron chi connectivity index (χ4n) is 3.89. The number of nitrogens with one attached hydrogen (secondary N) is 1. The van der Waals surface area contributed by atoms with Crippen molar-refractivity contribution in [2.45, 2.75) is 78.2 Å². The zero-order valence-corrected chi connectivity index (χ0v) is 14.1. The smallest absolute Gasteiger partial charge is 0.00684 e. The van der Waals surface area contributed by atoms with Crippen LogP contribution in [-0.2, 0) is 0 Å². The van der Waals surface area contributed by atoms with Crippen molar-refractivity contribution in [3.63, 3.8) is 0 Å². The Morgan fingerprint density at radius 1 is 1.05 bits per heavy atom. The third-order valence-corrected chi connectivity index (χ3v) is 5.26. The highest BCUT2D eigenvalue weighted by Crippen LogP contribution is 2.29. The van der Waals surface area contributed by atoms with Gasteiger partial charge in [-0.25, -0.2) is 0 Å². The van der Waals surface area contributed by atoms with Gasteiger partial charge in [0.25, 0.3) is 0 Å². The van der Waals surface area contributed by atoms with E-state index in [-0.39, 0.29) is 0 Å². The van der Waals surface area contributed by atoms with Gasteiger partial charge in [0.15, 0.2) is 0 Å². The average molecular weight is 281 g/mol. The first-order valence-corrected chi connectivity index (χ1v) is 9.11. The van der Waals surface area contributed by atoms with Crippen molar-refractivity contribution in [2.75, 3.05) is 26.2 Å². The minimum Gasteiger partial charge on any atom is -0.313 e. The Morgan fingerprint density at radius 2 is 1.75 bits per heavy atom. The molecule has 2 rings (SSSR count). The molecule has 0 amide bonds. The number of likely N-dealkylation sites (tertiary alicyclic amines) is 1. The zero-order chi connectivity index (χ0) is 14.4. The molecule has 0 aromatic carbocycles. The fourth-order valence-corrected chi connectivity index (χ4v) is 3.89. The molecule has 0 aromatic rings. The molecule has 0 bridgehead atoms. The molecule has 1 atom stereocenters. The standard InChI is InChI=1S/C18H36N2/c1-4-6-16-9-12-20(13-10-16)15-18(3,11-5-2)14-19-17-7-8-17/h16-17,19H,4-15H2,1-3H3. The van der Waals surface area contributed by atoms with E-state index >= 15 is 0 Å². The van der Waals surface area contributed by atoms with Crippen molar-refractivity contribution in [3.8, 4) is 0 Å². The Bertz CT molecular complexity index is 267. The number of nitrogens with zero attached hydrogens (tertiary/aromatic N) is 1. The van der Waals surface area contributed by atoms with E-state index in [1.54, 1.807) is 0 Å². The lowest BCUT2D eigenvalue weighted by atomic mass is 9.83. The van der Waals surface area contributed by atoms with Crippen LogP contribution in [0.3, 0.4) is 0 Å². The van der Waals surface area contributed by atoms with Crippen molar-refractivity contribution in [3.05, 3.63) is 0 Å². The van der Waals surface area contributed by atoms with Gasteiger partial charge in [-0.15, -0.1) is 0 Å². The first-order chi connectivity index (χ1) is 9.65. The Labute approximate surface area is 126 Å². The van der Waals surface area contributed by atoms with E-state index in [4.69, 9.17) is 0 Å². The number of piperidine rings is 1. The van der Waals surface area contributed by atoms with E-state index in [1.165, 1.54) is 77.5 Å². The summed E-state index contributed by atoms with van der Waals surface area (Å²) in [5.41, 5.74) is 0.481. The zero-order valence-electron chi connectivity index (χ0n) is 14.1. The van der Waals surface area contributed by atoms with Gasteiger partial charge in [0.1, 0.15) is 0 Å². The summed E-state index contributed by atoms with van der Waals surface area (Å²) in [6.07, 6.45) is 11.2. The number of rotatable bonds is 9. The maximum absolute atomic E-state index is 3.77. The van der Waals surface area contributed by atoms with E-state index < -0.39 is 0 Å². The van der Waals surface area contributed by atoms with Gasteiger partial charge in [0.2, 0.25) is 0 Å². The molecule has 1 N–H and O–H groups in total. The van der Waals surface area contributed by atoms with Crippen LogP contribution in [0.5, 0.6) is 0 Å². The SMILES string of the molecule is CCCC1CCN(CC(C)(CCC)CNC2CC2)CC1. The van der Waals surface area contributed by atoms with Gasteiger partial charge >= 0.3 is 0 Å². The van der Waals surface area contributed by atoms with Crippen LogP contribution in [0.25, 0.3) is 0 Å². The summed E-state index contributed by atoms with van der Waals surface area (Å²) in [4.78, 5) is 2.75. The monoisotopic (exact) mass is 280 g/mol. The highest BCUT2D eigenvalue weighted by atomic mass is 15.1. The van der Waals surface area contributed by atoms with E-state index in [2.05, 4.69) is 31.0 Å². The number of hydrogen-bond acceptors (Lipinski definition) is 2. The molecular formula is C18H36N2. The summed E-state index contributed by atoms with van der Waals surface area (Å²) in [6.45, 7) is 12.4. The van der Waals surface area contributed by atoms with Crippen LogP contribution in [0.2, 0.25) is 0 Å². The van der Waals surface area contributed by atoms with Crippen molar-refractivity contribution < 1.29 is 0 Å². The van der Waals surface area contributed by atoms with Gasteiger partial charge in [-0.05, 0) is 56.5 Å². The molecule has 118 valence electrons. The third kappa shape index (κ3) is 5.37. The Balaban J connectivity index is 1.75. The van der Waals surface area contributed by atoms with E-state index in [9.17, 15) is 0 Å². The summed E-state index contributed by atoms with van der Waals surface area (Å²) in [7, 11) is 0. The molecule has 1 aliphatic carbocycles. The molecule has 20 heavy (non-hydrogen) atoms. The second-order valence-corrected chi connectivity index (χ2v) is 7.72. The molecule has 2 nitrogen and oxygen atoms in total. The predicted molar refractivity (Wildman–Crippen MR) is 88.1 cm³/mol. The molecule has 1 unspecified atom stereocenters. The van der Waals surface area contributed by atoms with Crippen LogP contribution in [-0.4, -0.2) is 37.1 Å². The Kier molecular flexibility index (Phi) is 6.35. The molecular weight excluding hydrogens is 244 g/mol. The minimum atomic E-state index is 0.481. The summed E-state index contributed by atoms with van der Waals surface area (Å²) in [6, 6.07) is 0.849. The summed E-state index contributed by atoms with van der Waals surface area (Å²) < 4.78 is 0. The van der Waals surface area contributed by atoms with Gasteiger partial charge in [-0.3, -0.25) is 0 Å². The lowest BCUT2D eigenvalue weighted by molar-refractivity contribution is 0.108. The normalized spacial score (nSPS) is 24.8. The maximum Gasteiger partial charge on any atom is 0.00684 e. The van der Waals surface area contributed by atoms with Gasteiger partial charge in [0, 0.05) is 19.1 Å². The lowest BCUT2D eigenvalue weighted by Crippen LogP contribution is -2.45. The summed E-state index contributed by atoms with van der Waals surface area (Å²) in [5, 5.41) is 3.77. The molecule has 1 saturated carbocycles. The second-order valence-electron chi connectivity index (χ2n) is 7.72. The Morgan fingerprint density at radius 3 is 2.30 bits per heavy atom. The van der Waals surface area contributed by atoms with E-state index in [0.717, 1.165) is 12.0 Å². The average Bonchev–Trinajstić information content (AvgIpc) is 3.24. The first-order valence-electron chi connectivity index (χ1n) is 9.11. The van der Waals surface area contributed by atoms with Crippen LogP contribution < -0.4 is 5.32 Å². The highest BCUT2D eigenvalue weighted by Gasteiger charge is 2.31. The minimum absolute atomic E-state index is 0.481. The Hall–Kier alpha value is -0.0800. The maximum atomic E-state index is 3.77. The van der Waals surface area contributed by atoms with Gasteiger partial charge in [0.05, 0.1) is 0 Å². The predicted octanol–water partition coefficient (Wildman–Crippen LogP) is 4.06. The summed E-state index contributed by atoms with van der Waals surface area (Å²) in [5.74, 6) is 1.01. The van der Waals surface area contributed by atoms with Gasteiger partial charge in [-0.2, -0.15) is 0 Å². The van der Waals surface area contributed by atoms with E-state index in [1.807, 2.05) is 0 Å². The molecule has 1 aliphatic heterocycles. The third-order valence-electron chi connectivity index (χ3n) is 5.26. The second kappa shape index (κ2) is 7.79. The lowest BCUT2D eigenvalue weighted by Gasteiger charge is -2.39. The highest BCUT2D eigenvalue weighted by molar-refractivity contribution is 4.88. The summed E-state index contributed by atoms with van der Waals surface area (Å²) >= 11 is 0. The number of hydrogen-bond donors (Lipinski definition) is 1. The topological polar surface area (TPSA) is 15.3 Å². The largest absolute Gasteiger partial charge is 0.313 e. The van der Waals surface area contributed by atoms with Gasteiger partial charge in [-0.1, -0.05) is 40.0 Å². The van der Waals surface area contributed by atoms with Crippen molar-refractivity contribution in [1.82, 2.24) is 10.2 Å². The quantitative estimate of drug-likeness (QED) is 0.685.